The van der Waals surface area contributed by atoms with Crippen LogP contribution < -0.4 is 0 Å². The minimum absolute atomic E-state index is 0.168. The molecule has 0 aromatic heterocycles. The lowest BCUT2D eigenvalue weighted by molar-refractivity contribution is 0.429. The third-order valence-electron chi connectivity index (χ3n) is 3.28. The normalized spacial score (nSPS) is 21.5. The Labute approximate surface area is 93.1 Å². The SMILES string of the molecule is C=C(O)/C(=N\C)C1CCCCCCCC1. The van der Waals surface area contributed by atoms with Gasteiger partial charge < -0.3 is 5.11 Å². The van der Waals surface area contributed by atoms with Gasteiger partial charge in [-0.1, -0.05) is 45.1 Å². The van der Waals surface area contributed by atoms with E-state index >= 15 is 0 Å². The predicted octanol–water partition coefficient (Wildman–Crippen LogP) is 3.88. The maximum absolute atomic E-state index is 9.47. The number of hydrogen-bond acceptors (Lipinski definition) is 2. The van der Waals surface area contributed by atoms with Crippen LogP contribution in [0.15, 0.2) is 17.3 Å². The molecule has 0 radical (unpaired) electrons. The maximum atomic E-state index is 9.47. The highest BCUT2D eigenvalue weighted by molar-refractivity contribution is 5.99. The van der Waals surface area contributed by atoms with E-state index in [-0.39, 0.29) is 5.76 Å². The summed E-state index contributed by atoms with van der Waals surface area (Å²) in [7, 11) is 1.75. The highest BCUT2D eigenvalue weighted by Gasteiger charge is 2.18. The van der Waals surface area contributed by atoms with E-state index in [0.29, 0.717) is 5.92 Å². The molecule has 0 aromatic carbocycles. The average molecular weight is 209 g/mol. The molecule has 1 fully saturated rings. The van der Waals surface area contributed by atoms with Gasteiger partial charge in [0, 0.05) is 13.0 Å². The molecule has 1 N–H and O–H groups in total. The van der Waals surface area contributed by atoms with E-state index in [1.165, 1.54) is 38.5 Å². The minimum atomic E-state index is 0.168. The van der Waals surface area contributed by atoms with Crippen molar-refractivity contribution in [3.8, 4) is 0 Å². The van der Waals surface area contributed by atoms with Gasteiger partial charge in [-0.05, 0) is 12.8 Å². The van der Waals surface area contributed by atoms with Crippen molar-refractivity contribution in [1.82, 2.24) is 0 Å². The van der Waals surface area contributed by atoms with Gasteiger partial charge in [0.2, 0.25) is 0 Å². The number of aliphatic hydroxyl groups is 1. The van der Waals surface area contributed by atoms with Crippen molar-refractivity contribution in [1.29, 1.82) is 0 Å². The molecule has 2 nitrogen and oxygen atoms in total. The van der Waals surface area contributed by atoms with E-state index in [0.717, 1.165) is 18.6 Å². The van der Waals surface area contributed by atoms with Gasteiger partial charge in [0.15, 0.2) is 0 Å². The van der Waals surface area contributed by atoms with Crippen LogP contribution in [0.4, 0.5) is 0 Å². The van der Waals surface area contributed by atoms with Crippen LogP contribution in [0, 0.1) is 5.92 Å². The molecule has 1 rings (SSSR count). The number of aliphatic imine (C=N–C) groups is 1. The molecule has 0 unspecified atom stereocenters. The highest BCUT2D eigenvalue weighted by atomic mass is 16.3. The third-order valence-corrected chi connectivity index (χ3v) is 3.28. The zero-order chi connectivity index (χ0) is 11.1. The van der Waals surface area contributed by atoms with Gasteiger partial charge >= 0.3 is 0 Å². The Morgan fingerprint density at radius 1 is 1.07 bits per heavy atom. The van der Waals surface area contributed by atoms with E-state index in [9.17, 15) is 5.11 Å². The Bertz CT molecular complexity index is 223. The quantitative estimate of drug-likeness (QED) is 0.543. The summed E-state index contributed by atoms with van der Waals surface area (Å²) in [6.45, 7) is 3.60. The van der Waals surface area contributed by atoms with Gasteiger partial charge in [0.05, 0.1) is 5.71 Å². The van der Waals surface area contributed by atoms with Gasteiger partial charge in [-0.3, -0.25) is 4.99 Å². The Morgan fingerprint density at radius 3 is 1.93 bits per heavy atom. The summed E-state index contributed by atoms with van der Waals surface area (Å²) in [4.78, 5) is 4.18. The first-order valence-corrected chi connectivity index (χ1v) is 6.10. The maximum Gasteiger partial charge on any atom is 0.129 e. The van der Waals surface area contributed by atoms with Crippen LogP contribution in [-0.4, -0.2) is 17.9 Å². The van der Waals surface area contributed by atoms with Crippen molar-refractivity contribution in [3.63, 3.8) is 0 Å². The molecule has 1 aliphatic carbocycles. The molecular weight excluding hydrogens is 186 g/mol. The first-order chi connectivity index (χ1) is 7.25. The Morgan fingerprint density at radius 2 is 1.53 bits per heavy atom. The Balaban J connectivity index is 2.59. The molecule has 1 aliphatic rings. The monoisotopic (exact) mass is 209 g/mol. The van der Waals surface area contributed by atoms with E-state index < -0.39 is 0 Å². The molecule has 15 heavy (non-hydrogen) atoms. The second kappa shape index (κ2) is 6.65. The lowest BCUT2D eigenvalue weighted by atomic mass is 9.91. The molecule has 0 bridgehead atoms. The van der Waals surface area contributed by atoms with Crippen molar-refractivity contribution in [2.75, 3.05) is 7.05 Å². The fourth-order valence-corrected chi connectivity index (χ4v) is 2.45. The second-order valence-corrected chi connectivity index (χ2v) is 4.45. The summed E-state index contributed by atoms with van der Waals surface area (Å²) in [6, 6.07) is 0. The van der Waals surface area contributed by atoms with Crippen molar-refractivity contribution in [2.45, 2.75) is 51.4 Å². The molecule has 0 aromatic rings. The third kappa shape index (κ3) is 4.06. The van der Waals surface area contributed by atoms with Crippen LogP contribution in [0.25, 0.3) is 0 Å². The summed E-state index contributed by atoms with van der Waals surface area (Å²) in [5.41, 5.74) is 0.830. The molecule has 0 aliphatic heterocycles. The fourth-order valence-electron chi connectivity index (χ4n) is 2.45. The van der Waals surface area contributed by atoms with Crippen molar-refractivity contribution >= 4 is 5.71 Å². The zero-order valence-electron chi connectivity index (χ0n) is 9.84. The van der Waals surface area contributed by atoms with E-state index in [1.54, 1.807) is 7.05 Å². The van der Waals surface area contributed by atoms with Crippen LogP contribution in [-0.2, 0) is 0 Å². The highest BCUT2D eigenvalue weighted by Crippen LogP contribution is 2.24. The van der Waals surface area contributed by atoms with Gasteiger partial charge in [-0.15, -0.1) is 0 Å². The summed E-state index contributed by atoms with van der Waals surface area (Å²) < 4.78 is 0. The zero-order valence-corrected chi connectivity index (χ0v) is 9.84. The lowest BCUT2D eigenvalue weighted by Gasteiger charge is -2.17. The fraction of sp³-hybridized carbons (Fsp3) is 0.769. The summed E-state index contributed by atoms with van der Waals surface area (Å²) in [6.07, 6.45) is 10.2. The van der Waals surface area contributed by atoms with Gasteiger partial charge in [-0.25, -0.2) is 0 Å². The number of hydrogen-bond donors (Lipinski definition) is 1. The average Bonchev–Trinajstić information content (AvgIpc) is 2.32. The van der Waals surface area contributed by atoms with Crippen LogP contribution in [0.1, 0.15) is 51.4 Å². The molecule has 0 saturated heterocycles. The second-order valence-electron chi connectivity index (χ2n) is 4.45. The standard InChI is InChI=1S/C13H23NO/c1-11(15)13(14-2)12-9-7-5-3-4-6-8-10-12/h12,15H,1,3-10H2,2H3/b14-13+. The summed E-state index contributed by atoms with van der Waals surface area (Å²) >= 11 is 0. The number of aliphatic hydroxyl groups excluding tert-OH is 1. The number of allylic oxidation sites excluding steroid dienone is 1. The Kier molecular flexibility index (Phi) is 5.44. The molecule has 0 amide bonds. The van der Waals surface area contributed by atoms with Crippen LogP contribution in [0.3, 0.4) is 0 Å². The van der Waals surface area contributed by atoms with Crippen LogP contribution >= 0.6 is 0 Å². The first kappa shape index (κ1) is 12.3. The topological polar surface area (TPSA) is 32.6 Å². The van der Waals surface area contributed by atoms with Crippen molar-refractivity contribution in [2.24, 2.45) is 10.9 Å². The van der Waals surface area contributed by atoms with E-state index in [2.05, 4.69) is 11.6 Å². The largest absolute Gasteiger partial charge is 0.507 e. The lowest BCUT2D eigenvalue weighted by Crippen LogP contribution is -2.16. The molecule has 2 heteroatoms. The molecule has 1 saturated carbocycles. The van der Waals surface area contributed by atoms with E-state index in [1.807, 2.05) is 0 Å². The molecule has 0 spiro atoms. The Hall–Kier alpha value is -0.790. The van der Waals surface area contributed by atoms with Crippen LogP contribution in [0.2, 0.25) is 0 Å². The predicted molar refractivity (Wildman–Crippen MR) is 65.6 cm³/mol. The van der Waals surface area contributed by atoms with Gasteiger partial charge in [-0.2, -0.15) is 0 Å². The molecule has 0 atom stereocenters. The number of nitrogens with zero attached hydrogens (tertiary/aromatic N) is 1. The molecular formula is C13H23NO. The summed E-state index contributed by atoms with van der Waals surface area (Å²) in [5, 5.41) is 9.47. The molecule has 0 heterocycles. The van der Waals surface area contributed by atoms with Crippen molar-refractivity contribution < 1.29 is 5.11 Å². The van der Waals surface area contributed by atoms with Crippen LogP contribution in [0.5, 0.6) is 0 Å². The number of rotatable bonds is 2. The smallest absolute Gasteiger partial charge is 0.129 e. The van der Waals surface area contributed by atoms with E-state index in [4.69, 9.17) is 0 Å². The summed E-state index contributed by atoms with van der Waals surface area (Å²) in [5.74, 6) is 0.604. The van der Waals surface area contributed by atoms with Crippen molar-refractivity contribution in [3.05, 3.63) is 12.3 Å². The van der Waals surface area contributed by atoms with Gasteiger partial charge in [0.25, 0.3) is 0 Å². The first-order valence-electron chi connectivity index (χ1n) is 6.10. The minimum Gasteiger partial charge on any atom is -0.507 e. The molecule has 86 valence electrons. The van der Waals surface area contributed by atoms with Gasteiger partial charge in [0.1, 0.15) is 5.76 Å².